The zero-order chi connectivity index (χ0) is 33.9. The number of amides is 2. The second kappa shape index (κ2) is 16.6. The van der Waals surface area contributed by atoms with E-state index < -0.39 is 0 Å². The predicted octanol–water partition coefficient (Wildman–Crippen LogP) is 5.17. The molecule has 0 aliphatic heterocycles. The van der Waals surface area contributed by atoms with Gasteiger partial charge in [0, 0.05) is 32.0 Å². The van der Waals surface area contributed by atoms with E-state index in [1.54, 1.807) is 47.7 Å². The lowest BCUT2D eigenvalue weighted by Crippen LogP contribution is -2.26. The summed E-state index contributed by atoms with van der Waals surface area (Å²) in [5, 5.41) is 9.25. The molecule has 1 atom stereocenters. The molecule has 0 heterocycles. The third-order valence-electron chi connectivity index (χ3n) is 8.25. The molecule has 0 bridgehead atoms. The Morgan fingerprint density at radius 3 is 2.23 bits per heavy atom. The van der Waals surface area contributed by atoms with Gasteiger partial charge in [-0.05, 0) is 78.3 Å². The Bertz CT molecular complexity index is 1640. The van der Waals surface area contributed by atoms with E-state index >= 15 is 0 Å². The average molecular weight is 648 g/mol. The third kappa shape index (κ3) is 8.46. The summed E-state index contributed by atoms with van der Waals surface area (Å²) in [6.45, 7) is 2.44. The average Bonchev–Trinajstić information content (AvgIpc) is 3.32. The van der Waals surface area contributed by atoms with Crippen LogP contribution in [-0.2, 0) is 22.6 Å². The van der Waals surface area contributed by atoms with Crippen LogP contribution in [0.2, 0.25) is 0 Å². The molecule has 11 nitrogen and oxygen atoms in total. The molecular weight excluding hydrogens is 602 g/mol. The molecule has 1 aliphatic rings. The number of ether oxygens (including phenoxy) is 5. The number of hydrogen-bond acceptors (Lipinski definition) is 9. The molecule has 11 heteroatoms. The maximum atomic E-state index is 13.5. The molecule has 0 unspecified atom stereocenters. The van der Waals surface area contributed by atoms with Crippen LogP contribution in [0.5, 0.6) is 28.7 Å². The van der Waals surface area contributed by atoms with Gasteiger partial charge in [0.25, 0.3) is 0 Å². The maximum Gasteiger partial charge on any atom is 0.220 e. The first-order chi connectivity index (χ1) is 22.7. The number of aryl methyl sites for hydroxylation is 1. The fourth-order valence-corrected chi connectivity index (χ4v) is 5.94. The van der Waals surface area contributed by atoms with Gasteiger partial charge in [-0.1, -0.05) is 18.6 Å². The molecule has 0 saturated heterocycles. The second-order valence-corrected chi connectivity index (χ2v) is 11.3. The molecular formula is C36H45N3O8. The van der Waals surface area contributed by atoms with Crippen molar-refractivity contribution in [2.75, 3.05) is 47.4 Å². The smallest absolute Gasteiger partial charge is 0.220 e. The van der Waals surface area contributed by atoms with E-state index in [-0.39, 0.29) is 23.3 Å². The fourth-order valence-electron chi connectivity index (χ4n) is 5.94. The van der Waals surface area contributed by atoms with Gasteiger partial charge < -0.3 is 39.6 Å². The standard InChI is InChI=1S/C36H45N3O8/c1-22(40)39-27-14-12-24-19-32(45-4)35(46-5)36(47-6)34(24)25-13-15-28(29(41)20-26(25)27)37-17-9-7-8-10-33(42)38-21-23-11-16-30(43-2)31(18-23)44-3/h11,13,15-16,18-20,27H,7-10,12,14,17,21H2,1-6H3,(H,37,41)(H,38,42)(H,39,40)/t27-/m0/s1. The molecule has 47 heavy (non-hydrogen) atoms. The van der Waals surface area contributed by atoms with Gasteiger partial charge in [-0.3, -0.25) is 14.4 Å². The highest BCUT2D eigenvalue weighted by molar-refractivity contribution is 5.83. The minimum Gasteiger partial charge on any atom is -0.493 e. The molecule has 0 fully saturated rings. The van der Waals surface area contributed by atoms with Crippen molar-refractivity contribution in [2.24, 2.45) is 0 Å². The monoisotopic (exact) mass is 647 g/mol. The van der Waals surface area contributed by atoms with Crippen molar-refractivity contribution in [1.29, 1.82) is 0 Å². The second-order valence-electron chi connectivity index (χ2n) is 11.3. The lowest BCUT2D eigenvalue weighted by molar-refractivity contribution is -0.121. The largest absolute Gasteiger partial charge is 0.493 e. The highest BCUT2D eigenvalue weighted by atomic mass is 16.5. The Morgan fingerprint density at radius 1 is 0.809 bits per heavy atom. The van der Waals surface area contributed by atoms with Crippen molar-refractivity contribution in [3.63, 3.8) is 0 Å². The van der Waals surface area contributed by atoms with Crippen molar-refractivity contribution in [2.45, 2.75) is 58.0 Å². The van der Waals surface area contributed by atoms with Gasteiger partial charge in [0.05, 0.1) is 47.3 Å². The number of methoxy groups -OCH3 is 5. The summed E-state index contributed by atoms with van der Waals surface area (Å²) in [7, 11) is 7.87. The number of carbonyl (C=O) groups is 2. The van der Waals surface area contributed by atoms with Gasteiger partial charge in [-0.2, -0.15) is 0 Å². The number of hydrogen-bond donors (Lipinski definition) is 3. The third-order valence-corrected chi connectivity index (χ3v) is 8.25. The summed E-state index contributed by atoms with van der Waals surface area (Å²) in [6.07, 6.45) is 3.95. The van der Waals surface area contributed by atoms with E-state index in [0.29, 0.717) is 72.4 Å². The Hall–Kier alpha value is -4.93. The lowest BCUT2D eigenvalue weighted by Gasteiger charge is -2.19. The Balaban J connectivity index is 1.42. The van der Waals surface area contributed by atoms with Crippen molar-refractivity contribution in [3.8, 4) is 39.9 Å². The van der Waals surface area contributed by atoms with Gasteiger partial charge in [0.1, 0.15) is 0 Å². The number of benzene rings is 2. The minimum atomic E-state index is -0.373. The van der Waals surface area contributed by atoms with Crippen LogP contribution in [0.25, 0.3) is 11.1 Å². The van der Waals surface area contributed by atoms with Gasteiger partial charge in [-0.15, -0.1) is 0 Å². The number of anilines is 1. The van der Waals surface area contributed by atoms with Crippen molar-refractivity contribution >= 4 is 17.5 Å². The SMILES string of the molecule is COc1ccc(CNC(=O)CCCCCNc2ccc3c(cc2=O)[C@@H](NC(C)=O)CCc2cc(OC)c(OC)c(OC)c2-3)cc1OC. The summed E-state index contributed by atoms with van der Waals surface area (Å²) in [4.78, 5) is 38.1. The summed E-state index contributed by atoms with van der Waals surface area (Å²) in [5.41, 5.74) is 4.45. The topological polar surface area (TPSA) is 133 Å². The summed E-state index contributed by atoms with van der Waals surface area (Å²) < 4.78 is 27.7. The molecule has 0 aromatic heterocycles. The predicted molar refractivity (Wildman–Crippen MR) is 181 cm³/mol. The summed E-state index contributed by atoms with van der Waals surface area (Å²) in [5.74, 6) is 2.57. The van der Waals surface area contributed by atoms with E-state index in [2.05, 4.69) is 16.0 Å². The van der Waals surface area contributed by atoms with E-state index in [1.807, 2.05) is 30.3 Å². The lowest BCUT2D eigenvalue weighted by atomic mass is 9.95. The molecule has 3 aromatic rings. The Labute approximate surface area is 275 Å². The first kappa shape index (κ1) is 34.9. The highest BCUT2D eigenvalue weighted by Gasteiger charge is 2.29. The van der Waals surface area contributed by atoms with Gasteiger partial charge in [-0.25, -0.2) is 0 Å². The molecule has 4 rings (SSSR count). The van der Waals surface area contributed by atoms with Crippen LogP contribution in [0.3, 0.4) is 0 Å². The van der Waals surface area contributed by atoms with Gasteiger partial charge in [0.15, 0.2) is 23.0 Å². The van der Waals surface area contributed by atoms with Crippen LogP contribution in [0.1, 0.15) is 61.8 Å². The molecule has 3 N–H and O–H groups in total. The van der Waals surface area contributed by atoms with Crippen molar-refractivity contribution in [3.05, 3.63) is 69.4 Å². The fraction of sp³-hybridized carbons (Fsp3) is 0.417. The number of unbranched alkanes of at least 4 members (excludes halogenated alkanes) is 2. The molecule has 0 spiro atoms. The minimum absolute atomic E-state index is 0.0233. The van der Waals surface area contributed by atoms with Crippen LogP contribution in [0.4, 0.5) is 5.69 Å². The van der Waals surface area contributed by atoms with Crippen LogP contribution < -0.4 is 45.1 Å². The molecule has 2 amide bonds. The molecule has 0 radical (unpaired) electrons. The van der Waals surface area contributed by atoms with Crippen LogP contribution >= 0.6 is 0 Å². The van der Waals surface area contributed by atoms with Crippen molar-refractivity contribution in [1.82, 2.24) is 10.6 Å². The molecule has 0 saturated carbocycles. The molecule has 1 aliphatic carbocycles. The first-order valence-corrected chi connectivity index (χ1v) is 15.7. The van der Waals surface area contributed by atoms with Gasteiger partial charge in [0.2, 0.25) is 23.0 Å². The number of rotatable bonds is 15. The molecule has 252 valence electrons. The van der Waals surface area contributed by atoms with E-state index in [4.69, 9.17) is 23.7 Å². The van der Waals surface area contributed by atoms with E-state index in [1.165, 1.54) is 6.92 Å². The first-order valence-electron chi connectivity index (χ1n) is 15.7. The van der Waals surface area contributed by atoms with Crippen LogP contribution in [0.15, 0.2) is 47.3 Å². The van der Waals surface area contributed by atoms with E-state index in [0.717, 1.165) is 41.5 Å². The number of carbonyl (C=O) groups excluding carboxylic acids is 2. The van der Waals surface area contributed by atoms with Crippen LogP contribution in [0, 0.1) is 0 Å². The zero-order valence-corrected chi connectivity index (χ0v) is 28.0. The normalized spacial score (nSPS) is 13.3. The van der Waals surface area contributed by atoms with Crippen LogP contribution in [-0.4, -0.2) is 53.9 Å². The Morgan fingerprint density at radius 2 is 1.55 bits per heavy atom. The summed E-state index contributed by atoms with van der Waals surface area (Å²) in [6, 6.07) is 12.4. The number of nitrogens with one attached hydrogen (secondary N) is 3. The Kier molecular flexibility index (Phi) is 12.3. The highest BCUT2D eigenvalue weighted by Crippen LogP contribution is 2.50. The van der Waals surface area contributed by atoms with Crippen molar-refractivity contribution < 1.29 is 33.3 Å². The quantitative estimate of drug-likeness (QED) is 0.191. The van der Waals surface area contributed by atoms with E-state index in [9.17, 15) is 14.4 Å². The summed E-state index contributed by atoms with van der Waals surface area (Å²) >= 11 is 0. The zero-order valence-electron chi connectivity index (χ0n) is 28.0. The number of fused-ring (bicyclic) bond motifs is 3. The maximum absolute atomic E-state index is 13.5. The van der Waals surface area contributed by atoms with Gasteiger partial charge >= 0.3 is 0 Å². The molecule has 3 aromatic carbocycles.